The Labute approximate surface area is 125 Å². The van der Waals surface area contributed by atoms with Crippen LogP contribution in [0.2, 0.25) is 0 Å². The molecule has 0 fully saturated rings. The van der Waals surface area contributed by atoms with Gasteiger partial charge in [-0.1, -0.05) is 60.2 Å². The SMILES string of the molecule is Cc1ccc2c(c1)-c1ccc3c(c1C2)-c1ccccc1C3. The van der Waals surface area contributed by atoms with Gasteiger partial charge >= 0.3 is 0 Å². The number of rotatable bonds is 0. The van der Waals surface area contributed by atoms with Crippen molar-refractivity contribution >= 4 is 0 Å². The lowest BCUT2D eigenvalue weighted by Crippen LogP contribution is -1.88. The highest BCUT2D eigenvalue weighted by atomic mass is 14.3. The van der Waals surface area contributed by atoms with Crippen LogP contribution >= 0.6 is 0 Å². The number of hydrogen-bond acceptors (Lipinski definition) is 0. The molecule has 2 aliphatic rings. The summed E-state index contributed by atoms with van der Waals surface area (Å²) in [4.78, 5) is 0. The molecule has 0 saturated heterocycles. The first-order valence-corrected chi connectivity index (χ1v) is 7.64. The second-order valence-electron chi connectivity index (χ2n) is 6.30. The van der Waals surface area contributed by atoms with Crippen LogP contribution in [0.5, 0.6) is 0 Å². The van der Waals surface area contributed by atoms with Gasteiger partial charge in [-0.3, -0.25) is 0 Å². The van der Waals surface area contributed by atoms with Crippen molar-refractivity contribution in [3.8, 4) is 22.3 Å². The van der Waals surface area contributed by atoms with E-state index in [0.717, 1.165) is 12.8 Å². The van der Waals surface area contributed by atoms with Gasteiger partial charge in [0.25, 0.3) is 0 Å². The quantitative estimate of drug-likeness (QED) is 0.365. The summed E-state index contributed by atoms with van der Waals surface area (Å²) in [5.74, 6) is 0. The van der Waals surface area contributed by atoms with Gasteiger partial charge in [0.15, 0.2) is 0 Å². The van der Waals surface area contributed by atoms with E-state index in [1.807, 2.05) is 0 Å². The Morgan fingerprint density at radius 1 is 0.667 bits per heavy atom. The molecule has 0 radical (unpaired) electrons. The molecule has 3 aromatic rings. The maximum Gasteiger partial charge on any atom is -0.000718 e. The second-order valence-corrected chi connectivity index (χ2v) is 6.30. The van der Waals surface area contributed by atoms with Crippen LogP contribution in [0.15, 0.2) is 54.6 Å². The largest absolute Gasteiger partial charge is 0.0619 e. The minimum absolute atomic E-state index is 1.09. The number of aryl methyl sites for hydroxylation is 1. The zero-order valence-corrected chi connectivity index (χ0v) is 12.1. The summed E-state index contributed by atoms with van der Waals surface area (Å²) in [6.45, 7) is 2.18. The van der Waals surface area contributed by atoms with Gasteiger partial charge in [-0.2, -0.15) is 0 Å². The van der Waals surface area contributed by atoms with E-state index in [0.29, 0.717) is 0 Å². The first kappa shape index (κ1) is 11.3. The molecule has 100 valence electrons. The third-order valence-electron chi connectivity index (χ3n) is 4.99. The van der Waals surface area contributed by atoms with Crippen molar-refractivity contribution in [3.05, 3.63) is 82.4 Å². The Balaban J connectivity index is 1.81. The third kappa shape index (κ3) is 1.45. The molecule has 21 heavy (non-hydrogen) atoms. The lowest BCUT2D eigenvalue weighted by molar-refractivity contribution is 1.23. The first-order chi connectivity index (χ1) is 10.3. The van der Waals surface area contributed by atoms with Crippen LogP contribution in [0, 0.1) is 6.92 Å². The summed E-state index contributed by atoms with van der Waals surface area (Å²) < 4.78 is 0. The third-order valence-corrected chi connectivity index (χ3v) is 4.99. The lowest BCUT2D eigenvalue weighted by Gasteiger charge is -2.09. The van der Waals surface area contributed by atoms with E-state index < -0.39 is 0 Å². The predicted octanol–water partition coefficient (Wildman–Crippen LogP) is 5.14. The highest BCUT2D eigenvalue weighted by molar-refractivity contribution is 5.89. The highest BCUT2D eigenvalue weighted by Crippen LogP contribution is 2.47. The Kier molecular flexibility index (Phi) is 2.08. The monoisotopic (exact) mass is 268 g/mol. The van der Waals surface area contributed by atoms with Gasteiger partial charge in [-0.25, -0.2) is 0 Å². The van der Waals surface area contributed by atoms with Crippen molar-refractivity contribution in [1.29, 1.82) is 0 Å². The standard InChI is InChI=1S/C21H16/c1-13-6-7-15-12-20-18(19(15)10-13)9-8-16-11-14-4-2-3-5-17(14)21(16)20/h2-10H,11-12H2,1H3. The lowest BCUT2D eigenvalue weighted by atomic mass is 9.95. The van der Waals surface area contributed by atoms with E-state index in [2.05, 4.69) is 61.5 Å². The van der Waals surface area contributed by atoms with Gasteiger partial charge in [0.05, 0.1) is 0 Å². The molecule has 2 aliphatic carbocycles. The average Bonchev–Trinajstić information content (AvgIpc) is 3.04. The van der Waals surface area contributed by atoms with Crippen LogP contribution in [-0.2, 0) is 12.8 Å². The zero-order chi connectivity index (χ0) is 14.0. The molecule has 0 unspecified atom stereocenters. The van der Waals surface area contributed by atoms with E-state index in [9.17, 15) is 0 Å². The molecule has 0 heteroatoms. The summed E-state index contributed by atoms with van der Waals surface area (Å²) in [7, 11) is 0. The molecule has 0 nitrogen and oxygen atoms in total. The molecule has 0 saturated carbocycles. The molecule has 0 bridgehead atoms. The molecule has 0 N–H and O–H groups in total. The highest BCUT2D eigenvalue weighted by Gasteiger charge is 2.27. The summed E-state index contributed by atoms with van der Waals surface area (Å²) in [5, 5.41) is 0. The fraction of sp³-hybridized carbons (Fsp3) is 0.143. The Bertz CT molecular complexity index is 900. The predicted molar refractivity (Wildman–Crippen MR) is 87.7 cm³/mol. The average molecular weight is 268 g/mol. The summed E-state index contributed by atoms with van der Waals surface area (Å²) in [6.07, 6.45) is 2.18. The fourth-order valence-corrected chi connectivity index (χ4v) is 4.02. The Morgan fingerprint density at radius 3 is 2.43 bits per heavy atom. The van der Waals surface area contributed by atoms with E-state index >= 15 is 0 Å². The van der Waals surface area contributed by atoms with Crippen molar-refractivity contribution in [2.75, 3.05) is 0 Å². The summed E-state index contributed by atoms with van der Waals surface area (Å²) in [5.41, 5.74) is 13.2. The van der Waals surface area contributed by atoms with Gasteiger partial charge in [-0.15, -0.1) is 0 Å². The van der Waals surface area contributed by atoms with Crippen LogP contribution < -0.4 is 0 Å². The van der Waals surface area contributed by atoms with E-state index in [-0.39, 0.29) is 0 Å². The van der Waals surface area contributed by atoms with E-state index in [4.69, 9.17) is 0 Å². The molecule has 3 aromatic carbocycles. The molecular weight excluding hydrogens is 252 g/mol. The zero-order valence-electron chi connectivity index (χ0n) is 12.1. The smallest absolute Gasteiger partial charge is 0.000718 e. The van der Waals surface area contributed by atoms with Gasteiger partial charge in [0.1, 0.15) is 0 Å². The molecule has 0 aromatic heterocycles. The molecular formula is C21H16. The molecule has 0 aliphatic heterocycles. The maximum atomic E-state index is 2.34. The van der Waals surface area contributed by atoms with Crippen LogP contribution in [0.25, 0.3) is 22.3 Å². The number of fused-ring (bicyclic) bond motifs is 7. The maximum absolute atomic E-state index is 2.34. The summed E-state index contributed by atoms with van der Waals surface area (Å²) >= 11 is 0. The van der Waals surface area contributed by atoms with Gasteiger partial charge in [0, 0.05) is 0 Å². The van der Waals surface area contributed by atoms with Crippen molar-refractivity contribution in [1.82, 2.24) is 0 Å². The van der Waals surface area contributed by atoms with Gasteiger partial charge < -0.3 is 0 Å². The number of hydrogen-bond donors (Lipinski definition) is 0. The van der Waals surface area contributed by atoms with Crippen LogP contribution in [-0.4, -0.2) is 0 Å². The molecule has 0 atom stereocenters. The minimum atomic E-state index is 1.09. The van der Waals surface area contributed by atoms with Gasteiger partial charge in [0.2, 0.25) is 0 Å². The van der Waals surface area contributed by atoms with Crippen molar-refractivity contribution in [2.45, 2.75) is 19.8 Å². The first-order valence-electron chi connectivity index (χ1n) is 7.64. The second kappa shape index (κ2) is 3.85. The molecule has 0 amide bonds. The van der Waals surface area contributed by atoms with Crippen LogP contribution in [0.4, 0.5) is 0 Å². The van der Waals surface area contributed by atoms with Crippen molar-refractivity contribution in [2.24, 2.45) is 0 Å². The minimum Gasteiger partial charge on any atom is -0.0619 e. The Hall–Kier alpha value is -2.34. The topological polar surface area (TPSA) is 0 Å². The normalized spacial score (nSPS) is 13.6. The van der Waals surface area contributed by atoms with E-state index in [1.165, 1.54) is 50.1 Å². The van der Waals surface area contributed by atoms with Gasteiger partial charge in [-0.05, 0) is 64.3 Å². The van der Waals surface area contributed by atoms with E-state index in [1.54, 1.807) is 0 Å². The number of benzene rings is 3. The Morgan fingerprint density at radius 2 is 1.48 bits per heavy atom. The van der Waals surface area contributed by atoms with Crippen LogP contribution in [0.1, 0.15) is 27.8 Å². The van der Waals surface area contributed by atoms with Crippen molar-refractivity contribution < 1.29 is 0 Å². The molecule has 0 heterocycles. The van der Waals surface area contributed by atoms with Crippen LogP contribution in [0.3, 0.4) is 0 Å². The van der Waals surface area contributed by atoms with Crippen molar-refractivity contribution in [3.63, 3.8) is 0 Å². The molecule has 5 rings (SSSR count). The molecule has 0 spiro atoms. The summed E-state index contributed by atoms with van der Waals surface area (Å²) in [6, 6.07) is 20.4. The fourth-order valence-electron chi connectivity index (χ4n) is 4.02.